The summed E-state index contributed by atoms with van der Waals surface area (Å²) >= 11 is 0. The summed E-state index contributed by atoms with van der Waals surface area (Å²) in [4.78, 5) is 17.2. The number of aryl methyl sites for hydroxylation is 1. The van der Waals surface area contributed by atoms with Crippen molar-refractivity contribution in [2.75, 3.05) is 0 Å². The maximum atomic E-state index is 10.4. The highest BCUT2D eigenvalue weighted by molar-refractivity contribution is 5.65. The van der Waals surface area contributed by atoms with Gasteiger partial charge in [0.05, 0.1) is 12.0 Å². The molecule has 0 bridgehead atoms. The van der Waals surface area contributed by atoms with Gasteiger partial charge in [0, 0.05) is 12.6 Å². The summed E-state index contributed by atoms with van der Waals surface area (Å²) in [7, 11) is 0. The number of imidazole rings is 1. The third-order valence-electron chi connectivity index (χ3n) is 1.35. The van der Waals surface area contributed by atoms with Crippen molar-refractivity contribution in [3.8, 4) is 0 Å². The largest absolute Gasteiger partial charge is 0.459 e. The van der Waals surface area contributed by atoms with E-state index in [9.17, 15) is 4.79 Å². The molecule has 0 aliphatic rings. The number of esters is 1. The normalized spacial score (nSPS) is 9.64. The molecule has 1 N–H and O–H groups in total. The number of carbonyl (C=O) groups excluding carboxylic acids is 1. The third-order valence-corrected chi connectivity index (χ3v) is 1.35. The van der Waals surface area contributed by atoms with Crippen LogP contribution in [0.1, 0.15) is 18.3 Å². The molecule has 1 aromatic rings. The lowest BCUT2D eigenvalue weighted by Gasteiger charge is -1.98. The molecule has 0 radical (unpaired) electrons. The van der Waals surface area contributed by atoms with E-state index in [2.05, 4.69) is 9.97 Å². The van der Waals surface area contributed by atoms with Gasteiger partial charge in [-0.2, -0.15) is 0 Å². The molecule has 0 aliphatic carbocycles. The van der Waals surface area contributed by atoms with Crippen LogP contribution in [0.3, 0.4) is 0 Å². The van der Waals surface area contributed by atoms with E-state index >= 15 is 0 Å². The van der Waals surface area contributed by atoms with Gasteiger partial charge >= 0.3 is 5.97 Å². The Morgan fingerprint density at radius 3 is 3.00 bits per heavy atom. The second kappa shape index (κ2) is 3.18. The van der Waals surface area contributed by atoms with E-state index in [0.717, 1.165) is 11.4 Å². The van der Waals surface area contributed by atoms with Gasteiger partial charge in [0.2, 0.25) is 0 Å². The van der Waals surface area contributed by atoms with Crippen LogP contribution in [0.4, 0.5) is 0 Å². The van der Waals surface area contributed by atoms with Crippen LogP contribution in [-0.2, 0) is 16.1 Å². The molecular formula is C7H10N2O2. The summed E-state index contributed by atoms with van der Waals surface area (Å²) in [5.41, 5.74) is 1.71. The Morgan fingerprint density at radius 1 is 1.82 bits per heavy atom. The highest BCUT2D eigenvalue weighted by Crippen LogP contribution is 2.01. The van der Waals surface area contributed by atoms with Crippen molar-refractivity contribution < 1.29 is 9.53 Å². The first kappa shape index (κ1) is 7.78. The lowest BCUT2D eigenvalue weighted by molar-refractivity contribution is -0.142. The Hall–Kier alpha value is -1.32. The summed E-state index contributed by atoms with van der Waals surface area (Å²) < 4.78 is 4.75. The lowest BCUT2D eigenvalue weighted by atomic mass is 10.4. The van der Waals surface area contributed by atoms with Gasteiger partial charge in [-0.15, -0.1) is 0 Å². The van der Waals surface area contributed by atoms with Crippen LogP contribution in [0, 0.1) is 6.92 Å². The van der Waals surface area contributed by atoms with Gasteiger partial charge < -0.3 is 9.72 Å². The molecule has 0 aromatic carbocycles. The van der Waals surface area contributed by atoms with Gasteiger partial charge in [-0.25, -0.2) is 4.98 Å². The van der Waals surface area contributed by atoms with E-state index in [1.807, 2.05) is 6.92 Å². The first-order valence-corrected chi connectivity index (χ1v) is 3.32. The average Bonchev–Trinajstić information content (AvgIpc) is 2.31. The van der Waals surface area contributed by atoms with Gasteiger partial charge in [0.25, 0.3) is 0 Å². The molecular weight excluding hydrogens is 144 g/mol. The van der Waals surface area contributed by atoms with Crippen LogP contribution >= 0.6 is 0 Å². The molecule has 0 saturated heterocycles. The molecule has 0 unspecified atom stereocenters. The summed E-state index contributed by atoms with van der Waals surface area (Å²) in [6.45, 7) is 3.51. The molecule has 1 aromatic heterocycles. The number of aromatic amines is 1. The molecule has 0 amide bonds. The van der Waals surface area contributed by atoms with Crippen molar-refractivity contribution in [3.63, 3.8) is 0 Å². The molecule has 0 aliphatic heterocycles. The highest BCUT2D eigenvalue weighted by atomic mass is 16.5. The highest BCUT2D eigenvalue weighted by Gasteiger charge is 2.01. The fraction of sp³-hybridized carbons (Fsp3) is 0.429. The van der Waals surface area contributed by atoms with E-state index in [4.69, 9.17) is 4.74 Å². The Labute approximate surface area is 64.6 Å². The minimum absolute atomic E-state index is 0.255. The minimum atomic E-state index is -0.285. The Kier molecular flexibility index (Phi) is 2.25. The summed E-state index contributed by atoms with van der Waals surface area (Å²) in [6, 6.07) is 0. The topological polar surface area (TPSA) is 55.0 Å². The zero-order chi connectivity index (χ0) is 8.27. The molecule has 1 heterocycles. The lowest BCUT2D eigenvalue weighted by Crippen LogP contribution is -2.00. The number of carbonyl (C=O) groups is 1. The quantitative estimate of drug-likeness (QED) is 0.640. The van der Waals surface area contributed by atoms with Crippen molar-refractivity contribution in [1.82, 2.24) is 9.97 Å². The molecule has 4 heteroatoms. The second-order valence-corrected chi connectivity index (χ2v) is 2.25. The van der Waals surface area contributed by atoms with Crippen LogP contribution in [0.25, 0.3) is 0 Å². The Balaban J connectivity index is 2.51. The van der Waals surface area contributed by atoms with Gasteiger partial charge in [-0.05, 0) is 6.92 Å². The molecule has 60 valence electrons. The Bertz CT molecular complexity index is 255. The van der Waals surface area contributed by atoms with Crippen molar-refractivity contribution in [2.45, 2.75) is 20.5 Å². The van der Waals surface area contributed by atoms with Crippen LogP contribution in [0.15, 0.2) is 6.33 Å². The molecule has 1 rings (SSSR count). The summed E-state index contributed by atoms with van der Waals surface area (Å²) in [5, 5.41) is 0. The van der Waals surface area contributed by atoms with Crippen molar-refractivity contribution in [2.24, 2.45) is 0 Å². The Morgan fingerprint density at radius 2 is 2.55 bits per heavy atom. The molecule has 0 saturated carbocycles. The molecule has 4 nitrogen and oxygen atoms in total. The molecule has 11 heavy (non-hydrogen) atoms. The molecule has 0 atom stereocenters. The van der Waals surface area contributed by atoms with Crippen molar-refractivity contribution >= 4 is 5.97 Å². The number of ether oxygens (including phenoxy) is 1. The number of rotatable bonds is 2. The predicted molar refractivity (Wildman–Crippen MR) is 38.8 cm³/mol. The maximum absolute atomic E-state index is 10.4. The van der Waals surface area contributed by atoms with Crippen LogP contribution in [0.2, 0.25) is 0 Å². The molecule has 0 spiro atoms. The van der Waals surface area contributed by atoms with E-state index in [0.29, 0.717) is 0 Å². The fourth-order valence-electron chi connectivity index (χ4n) is 0.703. The first-order valence-electron chi connectivity index (χ1n) is 3.32. The second-order valence-electron chi connectivity index (χ2n) is 2.25. The van der Waals surface area contributed by atoms with Crippen LogP contribution < -0.4 is 0 Å². The van der Waals surface area contributed by atoms with Gasteiger partial charge in [0.1, 0.15) is 6.61 Å². The van der Waals surface area contributed by atoms with E-state index < -0.39 is 0 Å². The number of hydrogen-bond acceptors (Lipinski definition) is 3. The van der Waals surface area contributed by atoms with E-state index in [1.54, 1.807) is 6.33 Å². The fourth-order valence-corrected chi connectivity index (χ4v) is 0.703. The first-order chi connectivity index (χ1) is 5.20. The predicted octanol–water partition coefficient (Wildman–Crippen LogP) is 0.781. The zero-order valence-corrected chi connectivity index (χ0v) is 6.55. The zero-order valence-electron chi connectivity index (χ0n) is 6.55. The van der Waals surface area contributed by atoms with Gasteiger partial charge in [-0.3, -0.25) is 4.79 Å². The number of nitrogens with one attached hydrogen (secondary N) is 1. The SMILES string of the molecule is CC(=O)OCc1nc[nH]c1C. The monoisotopic (exact) mass is 154 g/mol. The minimum Gasteiger partial charge on any atom is -0.459 e. The number of H-pyrrole nitrogens is 1. The van der Waals surface area contributed by atoms with Gasteiger partial charge in [0.15, 0.2) is 0 Å². The number of nitrogens with zero attached hydrogens (tertiary/aromatic N) is 1. The standard InChI is InChI=1S/C7H10N2O2/c1-5-7(9-4-8-5)3-11-6(2)10/h4H,3H2,1-2H3,(H,8,9). The smallest absolute Gasteiger partial charge is 0.303 e. The number of hydrogen-bond donors (Lipinski definition) is 1. The summed E-state index contributed by atoms with van der Waals surface area (Å²) in [5.74, 6) is -0.285. The van der Waals surface area contributed by atoms with Crippen molar-refractivity contribution in [3.05, 3.63) is 17.7 Å². The summed E-state index contributed by atoms with van der Waals surface area (Å²) in [6.07, 6.45) is 1.58. The van der Waals surface area contributed by atoms with Gasteiger partial charge in [-0.1, -0.05) is 0 Å². The van der Waals surface area contributed by atoms with Crippen LogP contribution in [0.5, 0.6) is 0 Å². The third kappa shape index (κ3) is 2.07. The van der Waals surface area contributed by atoms with Crippen molar-refractivity contribution in [1.29, 1.82) is 0 Å². The number of aromatic nitrogens is 2. The van der Waals surface area contributed by atoms with E-state index in [1.165, 1.54) is 6.92 Å². The average molecular weight is 154 g/mol. The van der Waals surface area contributed by atoms with E-state index in [-0.39, 0.29) is 12.6 Å². The maximum Gasteiger partial charge on any atom is 0.303 e. The van der Waals surface area contributed by atoms with Crippen LogP contribution in [-0.4, -0.2) is 15.9 Å². The molecule has 0 fully saturated rings.